The highest BCUT2D eigenvalue weighted by molar-refractivity contribution is 6.38. The number of Topliss-reactive ketones (excluding diaryl/α,β-unsaturated/α-hetero) is 1. The monoisotopic (exact) mass is 400 g/mol. The number of carbonyl (C=O) groups excluding carboxylic acids is 4. The van der Waals surface area contributed by atoms with E-state index in [-0.39, 0.29) is 12.2 Å². The van der Waals surface area contributed by atoms with Crippen LogP contribution in [0.15, 0.2) is 47.3 Å². The van der Waals surface area contributed by atoms with E-state index in [2.05, 4.69) is 21.1 Å². The van der Waals surface area contributed by atoms with Gasteiger partial charge in [-0.1, -0.05) is 35.5 Å². The lowest BCUT2D eigenvalue weighted by Gasteiger charge is -2.20. The molecular formula is C19H20N4O6. The molecule has 0 spiro atoms. The SMILES string of the molecule is O=C(NC(C(=O)NC1CCCNC(=O)C1=O)c1cnoc1)OCc1ccccc1. The number of alkyl carbamates (subject to hydrolysis) is 1. The molecule has 1 saturated heterocycles. The number of hydrogen-bond acceptors (Lipinski definition) is 7. The topological polar surface area (TPSA) is 140 Å². The zero-order valence-electron chi connectivity index (χ0n) is 15.4. The Bertz CT molecular complexity index is 868. The Morgan fingerprint density at radius 1 is 1.28 bits per heavy atom. The van der Waals surface area contributed by atoms with Crippen molar-refractivity contribution in [3.05, 3.63) is 53.9 Å². The summed E-state index contributed by atoms with van der Waals surface area (Å²) in [5, 5.41) is 11.0. The van der Waals surface area contributed by atoms with Crippen LogP contribution in [-0.4, -0.2) is 41.4 Å². The Balaban J connectivity index is 1.65. The highest BCUT2D eigenvalue weighted by atomic mass is 16.5. The zero-order chi connectivity index (χ0) is 20.6. The number of hydrogen-bond donors (Lipinski definition) is 3. The molecule has 10 heteroatoms. The molecule has 2 atom stereocenters. The maximum atomic E-state index is 12.7. The average Bonchev–Trinajstić information content (AvgIpc) is 3.22. The summed E-state index contributed by atoms with van der Waals surface area (Å²) in [5.41, 5.74) is 1.05. The van der Waals surface area contributed by atoms with Gasteiger partial charge in [-0.05, 0) is 18.4 Å². The Morgan fingerprint density at radius 3 is 2.79 bits per heavy atom. The lowest BCUT2D eigenvalue weighted by Crippen LogP contribution is -2.49. The van der Waals surface area contributed by atoms with E-state index >= 15 is 0 Å². The predicted octanol–water partition coefficient (Wildman–Crippen LogP) is 0.606. The lowest BCUT2D eigenvalue weighted by atomic mass is 10.1. The van der Waals surface area contributed by atoms with E-state index in [1.54, 1.807) is 12.1 Å². The predicted molar refractivity (Wildman–Crippen MR) is 98.2 cm³/mol. The van der Waals surface area contributed by atoms with Crippen LogP contribution in [0.25, 0.3) is 0 Å². The summed E-state index contributed by atoms with van der Waals surface area (Å²) >= 11 is 0. The second-order valence-electron chi connectivity index (χ2n) is 6.42. The first-order valence-electron chi connectivity index (χ1n) is 9.03. The van der Waals surface area contributed by atoms with Gasteiger partial charge in [0, 0.05) is 12.1 Å². The summed E-state index contributed by atoms with van der Waals surface area (Å²) in [6, 6.07) is 6.86. The Morgan fingerprint density at radius 2 is 2.07 bits per heavy atom. The molecule has 3 N–H and O–H groups in total. The second kappa shape index (κ2) is 9.49. The Hall–Kier alpha value is -3.69. The Labute approximate surface area is 166 Å². The molecule has 152 valence electrons. The summed E-state index contributed by atoms with van der Waals surface area (Å²) in [7, 11) is 0. The van der Waals surface area contributed by atoms with Crippen LogP contribution >= 0.6 is 0 Å². The van der Waals surface area contributed by atoms with Crippen molar-refractivity contribution in [2.24, 2.45) is 0 Å². The summed E-state index contributed by atoms with van der Waals surface area (Å²) < 4.78 is 9.89. The molecule has 2 aromatic rings. The fourth-order valence-corrected chi connectivity index (χ4v) is 2.82. The standard InChI is InChI=1S/C19H20N4O6/c24-16-14(7-4-8-20-18(16)26)22-17(25)15(13-9-21-29-11-13)23-19(27)28-10-12-5-2-1-3-6-12/h1-3,5-6,9,11,14-15H,4,7-8,10H2,(H,20,26)(H,22,25)(H,23,27). The number of ether oxygens (including phenoxy) is 1. The van der Waals surface area contributed by atoms with Crippen molar-refractivity contribution in [2.45, 2.75) is 31.5 Å². The van der Waals surface area contributed by atoms with E-state index in [4.69, 9.17) is 9.26 Å². The number of amides is 3. The zero-order valence-corrected chi connectivity index (χ0v) is 15.4. The van der Waals surface area contributed by atoms with Gasteiger partial charge in [0.05, 0.1) is 12.2 Å². The molecule has 3 rings (SSSR count). The van der Waals surface area contributed by atoms with Gasteiger partial charge in [0.2, 0.25) is 11.7 Å². The number of nitrogens with one attached hydrogen (secondary N) is 3. The van der Waals surface area contributed by atoms with Gasteiger partial charge >= 0.3 is 6.09 Å². The minimum Gasteiger partial charge on any atom is -0.445 e. The summed E-state index contributed by atoms with van der Waals surface area (Å²) in [6.45, 7) is 0.377. The van der Waals surface area contributed by atoms with Gasteiger partial charge in [0.15, 0.2) is 0 Å². The third kappa shape index (κ3) is 5.41. The normalized spacial score (nSPS) is 17.6. The van der Waals surface area contributed by atoms with E-state index in [1.165, 1.54) is 12.5 Å². The first-order chi connectivity index (χ1) is 14.0. The van der Waals surface area contributed by atoms with Gasteiger partial charge < -0.3 is 25.2 Å². The van der Waals surface area contributed by atoms with Crippen molar-refractivity contribution < 1.29 is 28.4 Å². The average molecular weight is 400 g/mol. The van der Waals surface area contributed by atoms with Gasteiger partial charge in [0.25, 0.3) is 5.91 Å². The van der Waals surface area contributed by atoms with Gasteiger partial charge in [-0.3, -0.25) is 14.4 Å². The highest BCUT2D eigenvalue weighted by Gasteiger charge is 2.32. The molecule has 1 aliphatic heterocycles. The lowest BCUT2D eigenvalue weighted by molar-refractivity contribution is -0.139. The first-order valence-corrected chi connectivity index (χ1v) is 9.03. The number of benzene rings is 1. The fraction of sp³-hybridized carbons (Fsp3) is 0.316. The van der Waals surface area contributed by atoms with E-state index in [9.17, 15) is 19.2 Å². The molecule has 0 aliphatic carbocycles. The number of nitrogens with zero attached hydrogens (tertiary/aromatic N) is 1. The summed E-state index contributed by atoms with van der Waals surface area (Å²) in [6.07, 6.45) is 2.47. The maximum absolute atomic E-state index is 12.7. The molecule has 29 heavy (non-hydrogen) atoms. The first kappa shape index (κ1) is 20.1. The van der Waals surface area contributed by atoms with E-state index in [1.807, 2.05) is 18.2 Å². The third-order valence-corrected chi connectivity index (χ3v) is 4.33. The van der Waals surface area contributed by atoms with Crippen LogP contribution < -0.4 is 16.0 Å². The van der Waals surface area contributed by atoms with E-state index in [0.717, 1.165) is 5.56 Å². The molecule has 1 fully saturated rings. The van der Waals surface area contributed by atoms with Crippen LogP contribution in [0.4, 0.5) is 4.79 Å². The van der Waals surface area contributed by atoms with Gasteiger partial charge in [0.1, 0.15) is 18.9 Å². The van der Waals surface area contributed by atoms with Crippen LogP contribution in [0, 0.1) is 0 Å². The molecule has 3 amide bonds. The van der Waals surface area contributed by atoms with Crippen molar-refractivity contribution in [3.8, 4) is 0 Å². The Kier molecular flexibility index (Phi) is 6.56. The molecule has 10 nitrogen and oxygen atoms in total. The minimum atomic E-state index is -1.20. The molecular weight excluding hydrogens is 380 g/mol. The smallest absolute Gasteiger partial charge is 0.408 e. The van der Waals surface area contributed by atoms with Gasteiger partial charge in [-0.25, -0.2) is 4.79 Å². The number of ketones is 1. The number of carbonyl (C=O) groups is 4. The number of rotatable bonds is 6. The van der Waals surface area contributed by atoms with Crippen molar-refractivity contribution >= 4 is 23.7 Å². The molecule has 2 unspecified atom stereocenters. The maximum Gasteiger partial charge on any atom is 0.408 e. The van der Waals surface area contributed by atoms with Crippen molar-refractivity contribution in [1.82, 2.24) is 21.1 Å². The molecule has 1 aromatic heterocycles. The van der Waals surface area contributed by atoms with Crippen molar-refractivity contribution in [3.63, 3.8) is 0 Å². The molecule has 0 bridgehead atoms. The summed E-state index contributed by atoms with van der Waals surface area (Å²) in [5.74, 6) is -2.16. The van der Waals surface area contributed by atoms with Crippen LogP contribution in [0.1, 0.15) is 30.0 Å². The largest absolute Gasteiger partial charge is 0.445 e. The van der Waals surface area contributed by atoms with Crippen LogP contribution in [0.3, 0.4) is 0 Å². The van der Waals surface area contributed by atoms with Crippen molar-refractivity contribution in [1.29, 1.82) is 0 Å². The van der Waals surface area contributed by atoms with Crippen LogP contribution in [0.5, 0.6) is 0 Å². The van der Waals surface area contributed by atoms with Gasteiger partial charge in [-0.15, -0.1) is 0 Å². The molecule has 0 saturated carbocycles. The van der Waals surface area contributed by atoms with Crippen LogP contribution in [-0.2, 0) is 25.7 Å². The molecule has 0 radical (unpaired) electrons. The third-order valence-electron chi connectivity index (χ3n) is 4.33. The van der Waals surface area contributed by atoms with E-state index in [0.29, 0.717) is 19.4 Å². The minimum absolute atomic E-state index is 0.0198. The fourth-order valence-electron chi connectivity index (χ4n) is 2.82. The van der Waals surface area contributed by atoms with Gasteiger partial charge in [-0.2, -0.15) is 0 Å². The van der Waals surface area contributed by atoms with Crippen LogP contribution in [0.2, 0.25) is 0 Å². The van der Waals surface area contributed by atoms with E-state index < -0.39 is 35.8 Å². The molecule has 1 aliphatic rings. The molecule has 2 heterocycles. The second-order valence-corrected chi connectivity index (χ2v) is 6.42. The van der Waals surface area contributed by atoms with Crippen molar-refractivity contribution in [2.75, 3.05) is 6.54 Å². The highest BCUT2D eigenvalue weighted by Crippen LogP contribution is 2.14. The molecule has 1 aromatic carbocycles. The number of aromatic nitrogens is 1. The summed E-state index contributed by atoms with van der Waals surface area (Å²) in [4.78, 5) is 48.7. The quantitative estimate of drug-likeness (QED) is 0.604.